The van der Waals surface area contributed by atoms with Crippen molar-refractivity contribution in [2.24, 2.45) is 0 Å². The van der Waals surface area contributed by atoms with Crippen molar-refractivity contribution in [2.45, 2.75) is 58.1 Å². The number of aromatic nitrogens is 3. The van der Waals surface area contributed by atoms with E-state index in [4.69, 9.17) is 10.4 Å². The Labute approximate surface area is 157 Å². The fourth-order valence-electron chi connectivity index (χ4n) is 3.50. The third-order valence-electron chi connectivity index (χ3n) is 4.46. The smallest absolute Gasteiger partial charge is 0.138 e. The number of thiophene rings is 1. The molecule has 1 fully saturated rings. The van der Waals surface area contributed by atoms with E-state index in [1.54, 1.807) is 24.3 Å². The van der Waals surface area contributed by atoms with Crippen LogP contribution in [0.1, 0.15) is 63.9 Å². The summed E-state index contributed by atoms with van der Waals surface area (Å²) in [6.07, 6.45) is 7.51. The highest BCUT2D eigenvalue weighted by atomic mass is 32.1. The molecule has 1 saturated carbocycles. The molecule has 0 saturated heterocycles. The van der Waals surface area contributed by atoms with Crippen molar-refractivity contribution < 1.29 is 10.2 Å². The number of rotatable bonds is 2. The van der Waals surface area contributed by atoms with Gasteiger partial charge in [0.25, 0.3) is 0 Å². The Morgan fingerprint density at radius 1 is 1.27 bits per heavy atom. The number of pyridine rings is 1. The lowest BCUT2D eigenvalue weighted by Crippen LogP contribution is -2.16. The van der Waals surface area contributed by atoms with Gasteiger partial charge in [-0.05, 0) is 31.2 Å². The van der Waals surface area contributed by atoms with Gasteiger partial charge >= 0.3 is 0 Å². The Hall–Kier alpha value is -2.01. The van der Waals surface area contributed by atoms with Crippen molar-refractivity contribution in [2.75, 3.05) is 7.11 Å². The first kappa shape index (κ1) is 20.3. The van der Waals surface area contributed by atoms with Crippen molar-refractivity contribution in [1.29, 1.82) is 5.26 Å². The van der Waals surface area contributed by atoms with E-state index < -0.39 is 6.10 Å². The minimum Gasteiger partial charge on any atom is -0.400 e. The molecule has 3 aromatic rings. The van der Waals surface area contributed by atoms with E-state index in [0.29, 0.717) is 6.04 Å². The SMILES string of the molecule is CC#N.CC(O)c1nc2cnc3ccsc3c2n1C1CCCCC1.CO. The molecule has 3 heterocycles. The lowest BCUT2D eigenvalue weighted by Gasteiger charge is -2.26. The summed E-state index contributed by atoms with van der Waals surface area (Å²) in [6, 6.07) is 4.26. The molecule has 2 N–H and O–H groups in total. The van der Waals surface area contributed by atoms with E-state index in [1.165, 1.54) is 43.7 Å². The predicted octanol–water partition coefficient (Wildman–Crippen LogP) is 4.34. The summed E-state index contributed by atoms with van der Waals surface area (Å²) in [5.74, 6) is 0.791. The average Bonchev–Trinajstić information content (AvgIpc) is 3.28. The number of fused-ring (bicyclic) bond motifs is 3. The first-order valence-electron chi connectivity index (χ1n) is 8.85. The number of nitrogens with zero attached hydrogens (tertiary/aromatic N) is 4. The van der Waals surface area contributed by atoms with E-state index in [9.17, 15) is 5.11 Å². The maximum atomic E-state index is 10.2. The van der Waals surface area contributed by atoms with Crippen LogP contribution in [-0.2, 0) is 0 Å². The van der Waals surface area contributed by atoms with E-state index >= 15 is 0 Å². The van der Waals surface area contributed by atoms with Gasteiger partial charge < -0.3 is 14.8 Å². The number of nitriles is 1. The Kier molecular flexibility index (Phi) is 7.51. The summed E-state index contributed by atoms with van der Waals surface area (Å²) in [6.45, 7) is 3.24. The van der Waals surface area contributed by atoms with E-state index in [0.717, 1.165) is 29.5 Å². The van der Waals surface area contributed by atoms with Gasteiger partial charge in [-0.1, -0.05) is 19.3 Å². The third kappa shape index (κ3) is 4.04. The molecule has 26 heavy (non-hydrogen) atoms. The lowest BCUT2D eigenvalue weighted by molar-refractivity contribution is 0.178. The fraction of sp³-hybridized carbons (Fsp3) is 0.526. The summed E-state index contributed by atoms with van der Waals surface area (Å²) in [7, 11) is 1.00. The summed E-state index contributed by atoms with van der Waals surface area (Å²) < 4.78 is 3.50. The van der Waals surface area contributed by atoms with E-state index in [-0.39, 0.29) is 0 Å². The highest BCUT2D eigenvalue weighted by molar-refractivity contribution is 7.18. The van der Waals surface area contributed by atoms with Gasteiger partial charge in [0.2, 0.25) is 0 Å². The maximum Gasteiger partial charge on any atom is 0.138 e. The van der Waals surface area contributed by atoms with Gasteiger partial charge in [-0.3, -0.25) is 4.98 Å². The van der Waals surface area contributed by atoms with Crippen LogP contribution in [0.2, 0.25) is 0 Å². The molecule has 0 radical (unpaired) electrons. The zero-order chi connectivity index (χ0) is 19.1. The highest BCUT2D eigenvalue weighted by Gasteiger charge is 2.25. The van der Waals surface area contributed by atoms with Crippen LogP contribution in [0, 0.1) is 11.3 Å². The molecule has 0 bridgehead atoms. The van der Waals surface area contributed by atoms with Crippen molar-refractivity contribution in [3.63, 3.8) is 0 Å². The van der Waals surface area contributed by atoms with Crippen LogP contribution in [0.15, 0.2) is 17.6 Å². The topological polar surface area (TPSA) is 95.0 Å². The lowest BCUT2D eigenvalue weighted by atomic mass is 9.95. The number of aliphatic hydroxyl groups is 2. The molecule has 0 amide bonds. The Morgan fingerprint density at radius 3 is 2.54 bits per heavy atom. The second-order valence-corrected chi connectivity index (χ2v) is 7.07. The van der Waals surface area contributed by atoms with Crippen LogP contribution in [-0.4, -0.2) is 31.9 Å². The number of imidazole rings is 1. The molecule has 0 aliphatic heterocycles. The molecule has 1 aliphatic rings. The van der Waals surface area contributed by atoms with Crippen molar-refractivity contribution in [3.8, 4) is 6.07 Å². The Balaban J connectivity index is 0.000000444. The van der Waals surface area contributed by atoms with Crippen molar-refractivity contribution in [3.05, 3.63) is 23.5 Å². The van der Waals surface area contributed by atoms with Crippen LogP contribution < -0.4 is 0 Å². The minimum absolute atomic E-state index is 0.459. The van der Waals surface area contributed by atoms with Crippen LogP contribution in [0.4, 0.5) is 0 Å². The molecule has 0 spiro atoms. The zero-order valence-corrected chi connectivity index (χ0v) is 16.3. The minimum atomic E-state index is -0.547. The van der Waals surface area contributed by atoms with Crippen molar-refractivity contribution >= 4 is 32.6 Å². The van der Waals surface area contributed by atoms with Gasteiger partial charge in [0, 0.05) is 20.1 Å². The van der Waals surface area contributed by atoms with Gasteiger partial charge in [0.05, 0.1) is 28.0 Å². The van der Waals surface area contributed by atoms with Gasteiger partial charge in [-0.2, -0.15) is 5.26 Å². The molecule has 6 nitrogen and oxygen atoms in total. The highest BCUT2D eigenvalue weighted by Crippen LogP contribution is 2.37. The number of hydrogen-bond donors (Lipinski definition) is 2. The summed E-state index contributed by atoms with van der Waals surface area (Å²) in [4.78, 5) is 9.16. The molecule has 1 aliphatic carbocycles. The molecule has 7 heteroatoms. The quantitative estimate of drug-likeness (QED) is 0.695. The second kappa shape index (κ2) is 9.62. The molecule has 1 atom stereocenters. The molecule has 3 aromatic heterocycles. The Morgan fingerprint density at radius 2 is 1.92 bits per heavy atom. The number of aliphatic hydroxyl groups excluding tert-OH is 2. The molecule has 140 valence electrons. The normalized spacial score (nSPS) is 15.5. The van der Waals surface area contributed by atoms with Crippen LogP contribution in [0.5, 0.6) is 0 Å². The van der Waals surface area contributed by atoms with Gasteiger partial charge in [-0.25, -0.2) is 4.98 Å². The van der Waals surface area contributed by atoms with E-state index in [1.807, 2.05) is 6.20 Å². The monoisotopic (exact) mass is 374 g/mol. The van der Waals surface area contributed by atoms with Gasteiger partial charge in [-0.15, -0.1) is 11.3 Å². The van der Waals surface area contributed by atoms with Gasteiger partial charge in [0.1, 0.15) is 17.4 Å². The summed E-state index contributed by atoms with van der Waals surface area (Å²) in [5, 5.41) is 26.6. The standard InChI is InChI=1S/C16H19N3OS.C2H3N.CH4O/c1-10(20)16-18-13-9-17-12-7-8-21-15(12)14(13)19(16)11-5-3-2-4-6-11;1-2-3;1-2/h7-11,20H,2-6H2,1H3;1H3;2H,1H3. The summed E-state index contributed by atoms with van der Waals surface area (Å²) >= 11 is 1.72. The fourth-order valence-corrected chi connectivity index (χ4v) is 4.39. The first-order chi connectivity index (χ1) is 12.7. The van der Waals surface area contributed by atoms with Crippen LogP contribution in [0.3, 0.4) is 0 Å². The summed E-state index contributed by atoms with van der Waals surface area (Å²) in [5.41, 5.74) is 3.10. The molecular formula is C19H26N4O2S. The van der Waals surface area contributed by atoms with Gasteiger partial charge in [0.15, 0.2) is 0 Å². The van der Waals surface area contributed by atoms with Crippen LogP contribution in [0.25, 0.3) is 21.3 Å². The maximum absolute atomic E-state index is 10.2. The molecule has 1 unspecified atom stereocenters. The number of hydrogen-bond acceptors (Lipinski definition) is 6. The molecule has 0 aromatic carbocycles. The molecular weight excluding hydrogens is 348 g/mol. The predicted molar refractivity (Wildman–Crippen MR) is 105 cm³/mol. The molecule has 4 rings (SSSR count). The Bertz CT molecular complexity index is 873. The van der Waals surface area contributed by atoms with Crippen molar-refractivity contribution in [1.82, 2.24) is 14.5 Å². The average molecular weight is 375 g/mol. The second-order valence-electron chi connectivity index (χ2n) is 6.16. The third-order valence-corrected chi connectivity index (χ3v) is 5.37. The largest absolute Gasteiger partial charge is 0.400 e. The first-order valence-corrected chi connectivity index (χ1v) is 9.73. The van der Waals surface area contributed by atoms with Crippen LogP contribution >= 0.6 is 11.3 Å². The zero-order valence-electron chi connectivity index (χ0n) is 15.5. The van der Waals surface area contributed by atoms with E-state index in [2.05, 4.69) is 26.0 Å².